The van der Waals surface area contributed by atoms with Crippen molar-refractivity contribution >= 4 is 36.8 Å². The Labute approximate surface area is 130 Å². The molecule has 0 bridgehead atoms. The topological polar surface area (TPSA) is 74.6 Å². The van der Waals surface area contributed by atoms with E-state index in [0.29, 0.717) is 5.39 Å². The van der Waals surface area contributed by atoms with Gasteiger partial charge in [0.2, 0.25) is 0 Å². The summed E-state index contributed by atoms with van der Waals surface area (Å²) in [5.74, 6) is -0.461. The van der Waals surface area contributed by atoms with Gasteiger partial charge >= 0.3 is 29.6 Å². The van der Waals surface area contributed by atoms with Gasteiger partial charge in [-0.1, -0.05) is 28.1 Å². The van der Waals surface area contributed by atoms with Crippen LogP contribution < -0.4 is 29.6 Å². The van der Waals surface area contributed by atoms with E-state index >= 15 is 0 Å². The smallest absolute Gasteiger partial charge is 1.00 e. The molecule has 0 aliphatic carbocycles. The second-order valence-corrected chi connectivity index (χ2v) is 5.53. The van der Waals surface area contributed by atoms with Crippen molar-refractivity contribution in [2.24, 2.45) is 0 Å². The standard InChI is InChI=1S/C10H7BrO4S.Na.H/c11-7-2-3-8-6(5-7)1-4-9(12)10(8)16(13,14)15;;/h1-5,12H,(H,13,14,15);;/q;+1;-1. The van der Waals surface area contributed by atoms with E-state index in [1.165, 1.54) is 12.1 Å². The first-order chi connectivity index (χ1) is 7.39. The van der Waals surface area contributed by atoms with Crippen LogP contribution in [0.4, 0.5) is 0 Å². The van der Waals surface area contributed by atoms with Crippen molar-refractivity contribution in [3.63, 3.8) is 0 Å². The van der Waals surface area contributed by atoms with Gasteiger partial charge in [0, 0.05) is 9.86 Å². The third kappa shape index (κ3) is 3.01. The van der Waals surface area contributed by atoms with Crippen LogP contribution in [0.2, 0.25) is 0 Å². The van der Waals surface area contributed by atoms with Crippen molar-refractivity contribution in [3.05, 3.63) is 34.8 Å². The number of aromatic hydroxyl groups is 1. The maximum absolute atomic E-state index is 11.1. The molecule has 86 valence electrons. The number of hydrogen-bond acceptors (Lipinski definition) is 3. The van der Waals surface area contributed by atoms with E-state index in [1.54, 1.807) is 18.2 Å². The van der Waals surface area contributed by atoms with E-state index in [4.69, 9.17) is 4.55 Å². The minimum atomic E-state index is -4.44. The van der Waals surface area contributed by atoms with Crippen LogP contribution >= 0.6 is 15.9 Å². The van der Waals surface area contributed by atoms with Crippen LogP contribution in [0.5, 0.6) is 5.75 Å². The molecule has 0 aliphatic rings. The number of phenolic OH excluding ortho intramolecular Hbond substituents is 1. The Bertz CT molecular complexity index is 675. The molecule has 4 nitrogen and oxygen atoms in total. The Morgan fingerprint density at radius 1 is 1.18 bits per heavy atom. The van der Waals surface area contributed by atoms with E-state index in [1.807, 2.05) is 0 Å². The van der Waals surface area contributed by atoms with Gasteiger partial charge in [-0.15, -0.1) is 0 Å². The summed E-state index contributed by atoms with van der Waals surface area (Å²) in [7, 11) is -4.44. The molecular formula is C10H8BrNaO4S. The Morgan fingerprint density at radius 2 is 1.82 bits per heavy atom. The Kier molecular flexibility index (Phi) is 4.62. The van der Waals surface area contributed by atoms with Gasteiger partial charge in [-0.25, -0.2) is 0 Å². The largest absolute Gasteiger partial charge is 1.00 e. The molecule has 0 spiro atoms. The summed E-state index contributed by atoms with van der Waals surface area (Å²) in [6.07, 6.45) is 0. The summed E-state index contributed by atoms with van der Waals surface area (Å²) >= 11 is 3.25. The molecule has 7 heteroatoms. The first-order valence-corrected chi connectivity index (χ1v) is 6.51. The SMILES string of the molecule is O=S(=O)(O)c1c(O)ccc2cc(Br)ccc12.[H-].[Na+]. The molecule has 0 aliphatic heterocycles. The Balaban J connectivity index is 0.00000144. The zero-order valence-electron chi connectivity index (χ0n) is 9.88. The number of fused-ring (bicyclic) bond motifs is 1. The zero-order valence-corrected chi connectivity index (χ0v) is 13.3. The van der Waals surface area contributed by atoms with Gasteiger partial charge in [0.25, 0.3) is 10.1 Å². The quantitative estimate of drug-likeness (QED) is 0.556. The summed E-state index contributed by atoms with van der Waals surface area (Å²) in [6, 6.07) is 7.66. The monoisotopic (exact) mass is 326 g/mol. The summed E-state index contributed by atoms with van der Waals surface area (Å²) in [5, 5.41) is 10.4. The molecule has 0 saturated carbocycles. The molecular weight excluding hydrogens is 319 g/mol. The van der Waals surface area contributed by atoms with Gasteiger partial charge in [0.1, 0.15) is 10.6 Å². The van der Waals surface area contributed by atoms with Gasteiger partial charge < -0.3 is 6.53 Å². The molecule has 2 aromatic rings. The number of phenols is 1. The van der Waals surface area contributed by atoms with Crippen molar-refractivity contribution in [1.29, 1.82) is 0 Å². The first kappa shape index (κ1) is 14.9. The van der Waals surface area contributed by atoms with Crippen molar-refractivity contribution in [3.8, 4) is 5.75 Å². The summed E-state index contributed by atoms with van der Waals surface area (Å²) in [6.45, 7) is 0. The predicted molar refractivity (Wildman–Crippen MR) is 64.2 cm³/mol. The second kappa shape index (κ2) is 5.26. The fourth-order valence-corrected chi connectivity index (χ4v) is 2.71. The summed E-state index contributed by atoms with van der Waals surface area (Å²) < 4.78 is 32.1. The molecule has 0 amide bonds. The third-order valence-electron chi connectivity index (χ3n) is 2.17. The molecule has 0 aromatic heterocycles. The van der Waals surface area contributed by atoms with Crippen molar-refractivity contribution in [1.82, 2.24) is 0 Å². The molecule has 2 rings (SSSR count). The molecule has 0 unspecified atom stereocenters. The molecule has 0 radical (unpaired) electrons. The average Bonchev–Trinajstić information content (AvgIpc) is 2.16. The molecule has 0 saturated heterocycles. The molecule has 0 heterocycles. The van der Waals surface area contributed by atoms with Crippen LogP contribution in [0, 0.1) is 0 Å². The van der Waals surface area contributed by atoms with Crippen LogP contribution in [-0.2, 0) is 10.1 Å². The van der Waals surface area contributed by atoms with Crippen molar-refractivity contribution in [2.45, 2.75) is 4.90 Å². The van der Waals surface area contributed by atoms with Gasteiger partial charge in [-0.3, -0.25) is 4.55 Å². The number of halogens is 1. The van der Waals surface area contributed by atoms with E-state index in [0.717, 1.165) is 4.47 Å². The normalized spacial score (nSPS) is 11.2. The summed E-state index contributed by atoms with van der Waals surface area (Å²) in [4.78, 5) is -0.461. The summed E-state index contributed by atoms with van der Waals surface area (Å²) in [5.41, 5.74) is 0. The molecule has 2 N–H and O–H groups in total. The van der Waals surface area contributed by atoms with Crippen molar-refractivity contribution < 1.29 is 49.1 Å². The van der Waals surface area contributed by atoms with Gasteiger partial charge in [0.15, 0.2) is 0 Å². The molecule has 2 aromatic carbocycles. The average molecular weight is 327 g/mol. The van der Waals surface area contributed by atoms with E-state index in [2.05, 4.69) is 15.9 Å². The number of rotatable bonds is 1. The fraction of sp³-hybridized carbons (Fsp3) is 0. The number of hydrogen-bond donors (Lipinski definition) is 2. The minimum Gasteiger partial charge on any atom is -1.00 e. The minimum absolute atomic E-state index is 0. The maximum atomic E-state index is 11.1. The van der Waals surface area contributed by atoms with Crippen LogP contribution in [-0.4, -0.2) is 18.1 Å². The van der Waals surface area contributed by atoms with Crippen molar-refractivity contribution in [2.75, 3.05) is 0 Å². The maximum Gasteiger partial charge on any atom is 1.00 e. The fourth-order valence-electron chi connectivity index (χ4n) is 1.53. The van der Waals surface area contributed by atoms with E-state index in [9.17, 15) is 13.5 Å². The predicted octanol–water partition coefficient (Wildman–Crippen LogP) is -0.329. The van der Waals surface area contributed by atoms with Crippen LogP contribution in [0.3, 0.4) is 0 Å². The number of benzene rings is 2. The molecule has 0 atom stereocenters. The van der Waals surface area contributed by atoms with E-state index < -0.39 is 20.8 Å². The molecule has 17 heavy (non-hydrogen) atoms. The molecule has 0 fully saturated rings. The Morgan fingerprint density at radius 3 is 2.41 bits per heavy atom. The Hall–Kier alpha value is -0.110. The zero-order chi connectivity index (χ0) is 11.9. The van der Waals surface area contributed by atoms with Gasteiger partial charge in [-0.05, 0) is 23.6 Å². The third-order valence-corrected chi connectivity index (χ3v) is 3.61. The van der Waals surface area contributed by atoms with Crippen LogP contribution in [0.15, 0.2) is 39.7 Å². The first-order valence-electron chi connectivity index (χ1n) is 4.28. The van der Waals surface area contributed by atoms with E-state index in [-0.39, 0.29) is 36.4 Å². The van der Waals surface area contributed by atoms with Gasteiger partial charge in [0.05, 0.1) is 0 Å². The van der Waals surface area contributed by atoms with Crippen LogP contribution in [0.25, 0.3) is 10.8 Å². The second-order valence-electron chi connectivity index (χ2n) is 3.25. The van der Waals surface area contributed by atoms with Gasteiger partial charge in [-0.2, -0.15) is 8.42 Å². The van der Waals surface area contributed by atoms with Crippen LogP contribution in [0.1, 0.15) is 1.43 Å².